The highest BCUT2D eigenvalue weighted by Crippen LogP contribution is 2.25. The third-order valence-electron chi connectivity index (χ3n) is 1.87. The second-order valence-corrected chi connectivity index (χ2v) is 3.40. The minimum absolute atomic E-state index is 0.0971. The van der Waals surface area contributed by atoms with Crippen LogP contribution in [-0.2, 0) is 0 Å². The fraction of sp³-hybridized carbons (Fsp3) is 0.500. The van der Waals surface area contributed by atoms with Crippen molar-refractivity contribution >= 4 is 17.4 Å². The molecule has 0 aromatic carbocycles. The van der Waals surface area contributed by atoms with Gasteiger partial charge in [-0.3, -0.25) is 0 Å². The van der Waals surface area contributed by atoms with E-state index < -0.39 is 12.2 Å². The molecular formula is C8H9ClF3N3. The van der Waals surface area contributed by atoms with E-state index in [1.807, 2.05) is 0 Å². The van der Waals surface area contributed by atoms with Gasteiger partial charge in [0.1, 0.15) is 23.3 Å². The number of hydrogen-bond donors (Lipinski definition) is 1. The zero-order valence-corrected chi connectivity index (χ0v) is 8.82. The summed E-state index contributed by atoms with van der Waals surface area (Å²) in [7, 11) is 0. The van der Waals surface area contributed by atoms with Crippen LogP contribution < -0.4 is 5.32 Å². The fourth-order valence-electron chi connectivity index (χ4n) is 0.861. The standard InChI is InChI=1S/C8H9ClF3N3/c1-4-6(9)13-3-14-7(4)15-5(2)8(10,11)12/h3,5H,1-2H3,(H,13,14,15). The number of aromatic nitrogens is 2. The molecule has 0 saturated carbocycles. The summed E-state index contributed by atoms with van der Waals surface area (Å²) in [4.78, 5) is 7.33. The van der Waals surface area contributed by atoms with Gasteiger partial charge in [-0.15, -0.1) is 0 Å². The predicted molar refractivity (Wildman–Crippen MR) is 50.9 cm³/mol. The Hall–Kier alpha value is -1.04. The van der Waals surface area contributed by atoms with Gasteiger partial charge in [-0.25, -0.2) is 9.97 Å². The summed E-state index contributed by atoms with van der Waals surface area (Å²) >= 11 is 5.64. The average molecular weight is 240 g/mol. The molecule has 15 heavy (non-hydrogen) atoms. The van der Waals surface area contributed by atoms with Crippen LogP contribution in [0.25, 0.3) is 0 Å². The maximum absolute atomic E-state index is 12.2. The lowest BCUT2D eigenvalue weighted by Gasteiger charge is -2.18. The Balaban J connectivity index is 2.86. The van der Waals surface area contributed by atoms with Gasteiger partial charge in [0, 0.05) is 5.56 Å². The smallest absolute Gasteiger partial charge is 0.359 e. The zero-order valence-electron chi connectivity index (χ0n) is 8.06. The second-order valence-electron chi connectivity index (χ2n) is 3.05. The van der Waals surface area contributed by atoms with Crippen molar-refractivity contribution in [2.24, 2.45) is 0 Å². The summed E-state index contributed by atoms with van der Waals surface area (Å²) < 4.78 is 36.7. The van der Waals surface area contributed by atoms with Gasteiger partial charge in [0.15, 0.2) is 0 Å². The molecule has 1 N–H and O–H groups in total. The van der Waals surface area contributed by atoms with Crippen molar-refractivity contribution < 1.29 is 13.2 Å². The van der Waals surface area contributed by atoms with Crippen molar-refractivity contribution in [2.75, 3.05) is 5.32 Å². The van der Waals surface area contributed by atoms with E-state index in [2.05, 4.69) is 15.3 Å². The molecule has 0 aliphatic heterocycles. The predicted octanol–water partition coefficient (Wildman–Crippen LogP) is 2.80. The van der Waals surface area contributed by atoms with Crippen LogP contribution in [-0.4, -0.2) is 22.2 Å². The van der Waals surface area contributed by atoms with E-state index in [4.69, 9.17) is 11.6 Å². The van der Waals surface area contributed by atoms with Crippen LogP contribution in [0.3, 0.4) is 0 Å². The van der Waals surface area contributed by atoms with Crippen LogP contribution in [0.4, 0.5) is 19.0 Å². The number of rotatable bonds is 2. The molecule has 0 bridgehead atoms. The number of alkyl halides is 3. The molecule has 84 valence electrons. The van der Waals surface area contributed by atoms with Crippen LogP contribution >= 0.6 is 11.6 Å². The van der Waals surface area contributed by atoms with Gasteiger partial charge in [-0.1, -0.05) is 11.6 Å². The summed E-state index contributed by atoms with van der Waals surface area (Å²) in [5.74, 6) is 0.0971. The highest BCUT2D eigenvalue weighted by atomic mass is 35.5. The van der Waals surface area contributed by atoms with Crippen LogP contribution in [0.15, 0.2) is 6.33 Å². The highest BCUT2D eigenvalue weighted by molar-refractivity contribution is 6.30. The molecule has 7 heteroatoms. The monoisotopic (exact) mass is 239 g/mol. The third kappa shape index (κ3) is 2.95. The summed E-state index contributed by atoms with van der Waals surface area (Å²) in [5.41, 5.74) is 0.398. The van der Waals surface area contributed by atoms with E-state index in [9.17, 15) is 13.2 Å². The summed E-state index contributed by atoms with van der Waals surface area (Å²) in [6.07, 6.45) is -3.20. The Morgan fingerprint density at radius 3 is 2.53 bits per heavy atom. The minimum Gasteiger partial charge on any atom is -0.359 e. The average Bonchev–Trinajstić information content (AvgIpc) is 2.11. The van der Waals surface area contributed by atoms with Crippen LogP contribution in [0.5, 0.6) is 0 Å². The molecule has 1 rings (SSSR count). The molecule has 1 aromatic heterocycles. The van der Waals surface area contributed by atoms with Gasteiger partial charge in [-0.2, -0.15) is 13.2 Å². The minimum atomic E-state index is -4.32. The first-order valence-corrected chi connectivity index (χ1v) is 4.50. The van der Waals surface area contributed by atoms with Gasteiger partial charge in [-0.05, 0) is 13.8 Å². The van der Waals surface area contributed by atoms with E-state index in [1.165, 1.54) is 0 Å². The SMILES string of the molecule is Cc1c(Cl)ncnc1NC(C)C(F)(F)F. The molecule has 1 aromatic rings. The first kappa shape index (κ1) is 12.0. The fourth-order valence-corrected chi connectivity index (χ4v) is 0.994. The molecule has 0 radical (unpaired) electrons. The maximum Gasteiger partial charge on any atom is 0.408 e. The molecule has 0 fully saturated rings. The molecule has 0 saturated heterocycles. The number of nitrogens with zero attached hydrogens (tertiary/aromatic N) is 2. The van der Waals surface area contributed by atoms with Crippen molar-refractivity contribution in [2.45, 2.75) is 26.1 Å². The lowest BCUT2D eigenvalue weighted by molar-refractivity contribution is -0.138. The summed E-state index contributed by atoms with van der Waals surface area (Å²) in [6.45, 7) is 2.56. The Kier molecular flexibility index (Phi) is 3.38. The second kappa shape index (κ2) is 4.22. The normalized spacial score (nSPS) is 13.7. The van der Waals surface area contributed by atoms with Gasteiger partial charge in [0.2, 0.25) is 0 Å². The number of hydrogen-bond acceptors (Lipinski definition) is 3. The molecule has 1 heterocycles. The van der Waals surface area contributed by atoms with E-state index in [0.717, 1.165) is 13.3 Å². The quantitative estimate of drug-likeness (QED) is 0.807. The van der Waals surface area contributed by atoms with Crippen LogP contribution in [0.1, 0.15) is 12.5 Å². The molecule has 1 unspecified atom stereocenters. The largest absolute Gasteiger partial charge is 0.408 e. The van der Waals surface area contributed by atoms with Crippen molar-refractivity contribution in [1.29, 1.82) is 0 Å². The molecular weight excluding hydrogens is 231 g/mol. The zero-order chi connectivity index (χ0) is 11.6. The molecule has 0 spiro atoms. The van der Waals surface area contributed by atoms with Crippen LogP contribution in [0.2, 0.25) is 5.15 Å². The number of nitrogens with one attached hydrogen (secondary N) is 1. The Morgan fingerprint density at radius 2 is 2.00 bits per heavy atom. The van der Waals surface area contributed by atoms with Gasteiger partial charge in [0.25, 0.3) is 0 Å². The lowest BCUT2D eigenvalue weighted by atomic mass is 10.3. The van der Waals surface area contributed by atoms with Crippen molar-refractivity contribution in [3.8, 4) is 0 Å². The van der Waals surface area contributed by atoms with Gasteiger partial charge in [0.05, 0.1) is 0 Å². The molecule has 3 nitrogen and oxygen atoms in total. The lowest BCUT2D eigenvalue weighted by Crippen LogP contribution is -2.33. The number of anilines is 1. The molecule has 0 aliphatic carbocycles. The topological polar surface area (TPSA) is 37.8 Å². The third-order valence-corrected chi connectivity index (χ3v) is 2.25. The highest BCUT2D eigenvalue weighted by Gasteiger charge is 2.36. The van der Waals surface area contributed by atoms with Crippen molar-refractivity contribution in [3.63, 3.8) is 0 Å². The first-order valence-electron chi connectivity index (χ1n) is 4.12. The Labute approximate surface area is 89.7 Å². The van der Waals surface area contributed by atoms with Crippen molar-refractivity contribution in [1.82, 2.24) is 9.97 Å². The Morgan fingerprint density at radius 1 is 1.40 bits per heavy atom. The van der Waals surface area contributed by atoms with Gasteiger partial charge >= 0.3 is 6.18 Å². The molecule has 0 amide bonds. The molecule has 0 aliphatic rings. The summed E-state index contributed by atoms with van der Waals surface area (Å²) in [6, 6.07) is -1.68. The van der Waals surface area contributed by atoms with E-state index in [1.54, 1.807) is 6.92 Å². The van der Waals surface area contributed by atoms with Crippen molar-refractivity contribution in [3.05, 3.63) is 17.0 Å². The Bertz CT molecular complexity index is 353. The maximum atomic E-state index is 12.2. The van der Waals surface area contributed by atoms with Crippen LogP contribution in [0, 0.1) is 6.92 Å². The van der Waals surface area contributed by atoms with E-state index in [0.29, 0.717) is 5.56 Å². The summed E-state index contributed by atoms with van der Waals surface area (Å²) in [5, 5.41) is 2.37. The first-order chi connectivity index (χ1) is 6.82. The number of halogens is 4. The van der Waals surface area contributed by atoms with E-state index >= 15 is 0 Å². The molecule has 1 atom stereocenters. The van der Waals surface area contributed by atoms with Gasteiger partial charge < -0.3 is 5.32 Å². The van der Waals surface area contributed by atoms with E-state index in [-0.39, 0.29) is 11.0 Å².